The smallest absolute Gasteiger partial charge is 0.170 e. The van der Waals surface area contributed by atoms with E-state index in [0.717, 1.165) is 24.8 Å². The highest BCUT2D eigenvalue weighted by atomic mass is 19.1. The first-order valence-electron chi connectivity index (χ1n) is 7.05. The zero-order valence-electron chi connectivity index (χ0n) is 11.5. The fourth-order valence-corrected chi connectivity index (χ4v) is 2.97. The monoisotopic (exact) mass is 268 g/mol. The quantitative estimate of drug-likeness (QED) is 0.736. The van der Waals surface area contributed by atoms with Crippen LogP contribution >= 0.6 is 0 Å². The number of benzene rings is 2. The summed E-state index contributed by atoms with van der Waals surface area (Å²) in [7, 11) is 0. The van der Waals surface area contributed by atoms with E-state index in [0.29, 0.717) is 11.1 Å². The Morgan fingerprint density at radius 3 is 2.80 bits per heavy atom. The zero-order chi connectivity index (χ0) is 14.1. The Hall–Kier alpha value is -1.96. The number of halogens is 1. The Morgan fingerprint density at radius 1 is 1.20 bits per heavy atom. The van der Waals surface area contributed by atoms with E-state index in [4.69, 9.17) is 0 Å². The SMILES string of the molecule is Cc1ccc(C(=O)C2CCCc3ccccc32)cc1F. The molecule has 0 aliphatic heterocycles. The second-order valence-corrected chi connectivity index (χ2v) is 5.47. The highest BCUT2D eigenvalue weighted by Crippen LogP contribution is 2.34. The molecule has 0 aromatic heterocycles. The van der Waals surface area contributed by atoms with Crippen LogP contribution in [0.3, 0.4) is 0 Å². The number of fused-ring (bicyclic) bond motifs is 1. The molecule has 1 nitrogen and oxygen atoms in total. The maximum atomic E-state index is 13.7. The molecule has 0 saturated carbocycles. The number of carbonyl (C=O) groups is 1. The molecule has 102 valence electrons. The van der Waals surface area contributed by atoms with Gasteiger partial charge in [0.15, 0.2) is 5.78 Å². The summed E-state index contributed by atoms with van der Waals surface area (Å²) < 4.78 is 13.7. The molecule has 0 N–H and O–H groups in total. The van der Waals surface area contributed by atoms with Gasteiger partial charge in [-0.05, 0) is 48.9 Å². The predicted molar refractivity (Wildman–Crippen MR) is 77.6 cm³/mol. The maximum Gasteiger partial charge on any atom is 0.170 e. The number of ketones is 1. The van der Waals surface area contributed by atoms with Crippen LogP contribution in [0.15, 0.2) is 42.5 Å². The first-order chi connectivity index (χ1) is 9.66. The molecule has 2 aromatic carbocycles. The van der Waals surface area contributed by atoms with Crippen LogP contribution in [-0.2, 0) is 6.42 Å². The molecule has 0 fully saturated rings. The van der Waals surface area contributed by atoms with Crippen molar-refractivity contribution in [1.82, 2.24) is 0 Å². The van der Waals surface area contributed by atoms with Crippen LogP contribution in [0.4, 0.5) is 4.39 Å². The molecule has 1 atom stereocenters. The molecule has 0 radical (unpaired) electrons. The summed E-state index contributed by atoms with van der Waals surface area (Å²) in [5.74, 6) is -0.391. The predicted octanol–water partition coefficient (Wildman–Crippen LogP) is 4.44. The molecule has 0 saturated heterocycles. The summed E-state index contributed by atoms with van der Waals surface area (Å²) in [6.07, 6.45) is 2.90. The molecule has 0 heterocycles. The molecule has 3 rings (SSSR count). The fourth-order valence-electron chi connectivity index (χ4n) is 2.97. The topological polar surface area (TPSA) is 17.1 Å². The van der Waals surface area contributed by atoms with Crippen molar-refractivity contribution in [3.05, 3.63) is 70.5 Å². The third kappa shape index (κ3) is 2.26. The molecule has 1 unspecified atom stereocenters. The lowest BCUT2D eigenvalue weighted by atomic mass is 9.79. The highest BCUT2D eigenvalue weighted by Gasteiger charge is 2.27. The molecular weight excluding hydrogens is 251 g/mol. The van der Waals surface area contributed by atoms with E-state index >= 15 is 0 Å². The van der Waals surface area contributed by atoms with Crippen molar-refractivity contribution >= 4 is 5.78 Å². The molecule has 1 aliphatic carbocycles. The van der Waals surface area contributed by atoms with Gasteiger partial charge in [-0.1, -0.05) is 36.4 Å². The van der Waals surface area contributed by atoms with Gasteiger partial charge in [0.2, 0.25) is 0 Å². The Balaban J connectivity index is 1.97. The number of Topliss-reactive ketones (excluding diaryl/α,β-unsaturated/α-hetero) is 1. The number of rotatable bonds is 2. The molecule has 2 aromatic rings. The van der Waals surface area contributed by atoms with Crippen LogP contribution in [0, 0.1) is 12.7 Å². The van der Waals surface area contributed by atoms with Crippen molar-refractivity contribution in [2.24, 2.45) is 0 Å². The molecule has 20 heavy (non-hydrogen) atoms. The van der Waals surface area contributed by atoms with Crippen LogP contribution in [-0.4, -0.2) is 5.78 Å². The number of aryl methyl sites for hydroxylation is 2. The van der Waals surface area contributed by atoms with E-state index in [-0.39, 0.29) is 17.5 Å². The summed E-state index contributed by atoms with van der Waals surface area (Å²) in [6.45, 7) is 1.71. The number of carbonyl (C=O) groups excluding carboxylic acids is 1. The van der Waals surface area contributed by atoms with Gasteiger partial charge in [0.25, 0.3) is 0 Å². The van der Waals surface area contributed by atoms with Gasteiger partial charge >= 0.3 is 0 Å². The second-order valence-electron chi connectivity index (χ2n) is 5.47. The number of hydrogen-bond donors (Lipinski definition) is 0. The van der Waals surface area contributed by atoms with E-state index in [2.05, 4.69) is 6.07 Å². The fraction of sp³-hybridized carbons (Fsp3) is 0.278. The third-order valence-corrected chi connectivity index (χ3v) is 4.14. The van der Waals surface area contributed by atoms with Gasteiger partial charge in [0.05, 0.1) is 0 Å². The first-order valence-corrected chi connectivity index (χ1v) is 7.05. The minimum absolute atomic E-state index is 0.0380. The molecule has 1 aliphatic rings. The minimum atomic E-state index is -0.306. The first kappa shape index (κ1) is 13.0. The van der Waals surface area contributed by atoms with Crippen LogP contribution < -0.4 is 0 Å². The Morgan fingerprint density at radius 2 is 2.00 bits per heavy atom. The maximum absolute atomic E-state index is 13.7. The van der Waals surface area contributed by atoms with Gasteiger partial charge < -0.3 is 0 Å². The van der Waals surface area contributed by atoms with E-state index in [1.807, 2.05) is 18.2 Å². The lowest BCUT2D eigenvalue weighted by molar-refractivity contribution is 0.0950. The average Bonchev–Trinajstić information content (AvgIpc) is 2.49. The summed E-state index contributed by atoms with van der Waals surface area (Å²) in [4.78, 5) is 12.7. The van der Waals surface area contributed by atoms with Gasteiger partial charge in [-0.25, -0.2) is 4.39 Å². The Kier molecular flexibility index (Phi) is 3.39. The Labute approximate surface area is 118 Å². The van der Waals surface area contributed by atoms with Crippen molar-refractivity contribution in [3.63, 3.8) is 0 Å². The summed E-state index contributed by atoms with van der Waals surface area (Å²) in [5, 5.41) is 0. The zero-order valence-corrected chi connectivity index (χ0v) is 11.5. The second kappa shape index (κ2) is 5.20. The van der Waals surface area contributed by atoms with Gasteiger partial charge in [0.1, 0.15) is 5.82 Å². The van der Waals surface area contributed by atoms with Crippen molar-refractivity contribution in [1.29, 1.82) is 0 Å². The van der Waals surface area contributed by atoms with Crippen molar-refractivity contribution in [2.45, 2.75) is 32.1 Å². The number of hydrogen-bond acceptors (Lipinski definition) is 1. The summed E-state index contributed by atoms with van der Waals surface area (Å²) >= 11 is 0. The van der Waals surface area contributed by atoms with Crippen molar-refractivity contribution in [2.75, 3.05) is 0 Å². The molecule has 0 spiro atoms. The third-order valence-electron chi connectivity index (χ3n) is 4.14. The normalized spacial score (nSPS) is 17.6. The van der Waals surface area contributed by atoms with Crippen molar-refractivity contribution < 1.29 is 9.18 Å². The van der Waals surface area contributed by atoms with Gasteiger partial charge in [-0.3, -0.25) is 4.79 Å². The van der Waals surface area contributed by atoms with Crippen LogP contribution in [0.1, 0.15) is 45.8 Å². The van der Waals surface area contributed by atoms with Gasteiger partial charge in [0, 0.05) is 11.5 Å². The van der Waals surface area contributed by atoms with Crippen molar-refractivity contribution in [3.8, 4) is 0 Å². The van der Waals surface area contributed by atoms with Gasteiger partial charge in [-0.2, -0.15) is 0 Å². The Bertz CT molecular complexity index is 660. The molecular formula is C18H17FO. The van der Waals surface area contributed by atoms with Crippen LogP contribution in [0.5, 0.6) is 0 Å². The van der Waals surface area contributed by atoms with E-state index in [9.17, 15) is 9.18 Å². The van der Waals surface area contributed by atoms with Gasteiger partial charge in [-0.15, -0.1) is 0 Å². The van der Waals surface area contributed by atoms with E-state index < -0.39 is 0 Å². The summed E-state index contributed by atoms with van der Waals surface area (Å²) in [6, 6.07) is 12.9. The standard InChI is InChI=1S/C18H17FO/c1-12-9-10-14(11-17(12)19)18(20)16-8-4-6-13-5-2-3-7-15(13)16/h2-3,5,7,9-11,16H,4,6,8H2,1H3. The largest absolute Gasteiger partial charge is 0.293 e. The lowest BCUT2D eigenvalue weighted by Gasteiger charge is -2.24. The average molecular weight is 268 g/mol. The minimum Gasteiger partial charge on any atom is -0.293 e. The van der Waals surface area contributed by atoms with Crippen LogP contribution in [0.25, 0.3) is 0 Å². The molecule has 2 heteroatoms. The summed E-state index contributed by atoms with van der Waals surface area (Å²) in [5.41, 5.74) is 3.43. The lowest BCUT2D eigenvalue weighted by Crippen LogP contribution is -2.19. The highest BCUT2D eigenvalue weighted by molar-refractivity contribution is 6.01. The molecule has 0 amide bonds. The van der Waals surface area contributed by atoms with Crippen LogP contribution in [0.2, 0.25) is 0 Å². The van der Waals surface area contributed by atoms with E-state index in [1.165, 1.54) is 11.6 Å². The van der Waals surface area contributed by atoms with E-state index in [1.54, 1.807) is 19.1 Å². The molecule has 0 bridgehead atoms.